The van der Waals surface area contributed by atoms with E-state index in [4.69, 9.17) is 21.3 Å². The number of anilines is 2. The number of para-hydroxylation sites is 4. The molecule has 0 aliphatic carbocycles. The number of methoxy groups -OCH3 is 1. The van der Waals surface area contributed by atoms with Gasteiger partial charge in [-0.25, -0.2) is 4.98 Å². The lowest BCUT2D eigenvalue weighted by molar-refractivity contribution is 0.413. The maximum atomic E-state index is 6.53. The molecule has 0 amide bonds. The Labute approximate surface area is 180 Å². The summed E-state index contributed by atoms with van der Waals surface area (Å²) in [6.07, 6.45) is 0. The lowest BCUT2D eigenvalue weighted by Gasteiger charge is -2.38. The molecule has 3 aromatic carbocycles. The quantitative estimate of drug-likeness (QED) is 0.493. The van der Waals surface area contributed by atoms with Crippen LogP contribution in [0.25, 0.3) is 22.4 Å². The molecule has 152 valence electrons. The number of ether oxygens (including phenoxy) is 1. The normalized spacial score (nSPS) is 14.3. The van der Waals surface area contributed by atoms with E-state index in [1.54, 1.807) is 7.11 Å². The monoisotopic (exact) mass is 418 g/mol. The maximum absolute atomic E-state index is 6.53. The van der Waals surface area contributed by atoms with Crippen molar-refractivity contribution in [2.24, 2.45) is 0 Å². The molecule has 5 nitrogen and oxygen atoms in total. The summed E-state index contributed by atoms with van der Waals surface area (Å²) in [6, 6.07) is 22.4. The molecular formula is C24H23ClN4O. The molecule has 1 aliphatic rings. The zero-order valence-corrected chi connectivity index (χ0v) is 17.6. The highest BCUT2D eigenvalue weighted by molar-refractivity contribution is 6.33. The highest BCUT2D eigenvalue weighted by Crippen LogP contribution is 2.33. The van der Waals surface area contributed by atoms with Crippen LogP contribution in [0.2, 0.25) is 5.02 Å². The van der Waals surface area contributed by atoms with E-state index in [9.17, 15) is 0 Å². The van der Waals surface area contributed by atoms with Gasteiger partial charge in [0.2, 0.25) is 0 Å². The summed E-state index contributed by atoms with van der Waals surface area (Å²) in [4.78, 5) is 12.9. The van der Waals surface area contributed by atoms with E-state index >= 15 is 0 Å². The molecule has 0 unspecified atom stereocenters. The third-order valence-corrected chi connectivity index (χ3v) is 5.99. The van der Waals surface area contributed by atoms with Gasteiger partial charge in [0, 0.05) is 37.4 Å². The van der Waals surface area contributed by atoms with Crippen LogP contribution in [0.3, 0.4) is 0 Å². The van der Waals surface area contributed by atoms with E-state index in [2.05, 4.69) is 39.0 Å². The summed E-state index contributed by atoms with van der Waals surface area (Å²) in [5.41, 5.74) is 5.20. The molecule has 2 heterocycles. The van der Waals surface area contributed by atoms with E-state index in [0.29, 0.717) is 5.02 Å². The van der Waals surface area contributed by atoms with Crippen molar-refractivity contribution in [1.29, 1.82) is 0 Å². The lowest BCUT2D eigenvalue weighted by atomic mass is 10.1. The van der Waals surface area contributed by atoms with E-state index < -0.39 is 0 Å². The van der Waals surface area contributed by atoms with Crippen LogP contribution in [-0.2, 0) is 0 Å². The average molecular weight is 419 g/mol. The molecule has 1 N–H and O–H groups in total. The molecule has 5 rings (SSSR count). The molecule has 0 radical (unpaired) electrons. The minimum Gasteiger partial charge on any atom is -0.495 e. The number of halogens is 1. The minimum absolute atomic E-state index is 0.700. The second-order valence-corrected chi connectivity index (χ2v) is 7.82. The number of piperazine rings is 1. The number of hydrogen-bond acceptors (Lipinski definition) is 4. The van der Waals surface area contributed by atoms with Crippen molar-refractivity contribution in [3.05, 3.63) is 71.8 Å². The van der Waals surface area contributed by atoms with Gasteiger partial charge in [-0.2, -0.15) is 0 Å². The van der Waals surface area contributed by atoms with E-state index in [-0.39, 0.29) is 0 Å². The van der Waals surface area contributed by atoms with Crippen LogP contribution in [0, 0.1) is 0 Å². The molecule has 1 fully saturated rings. The van der Waals surface area contributed by atoms with Crippen LogP contribution in [0.5, 0.6) is 5.75 Å². The number of imidazole rings is 1. The van der Waals surface area contributed by atoms with Gasteiger partial charge in [0.15, 0.2) is 0 Å². The third kappa shape index (κ3) is 3.46. The average Bonchev–Trinajstić information content (AvgIpc) is 3.23. The van der Waals surface area contributed by atoms with E-state index in [1.807, 2.05) is 42.5 Å². The van der Waals surface area contributed by atoms with Crippen LogP contribution in [0.4, 0.5) is 11.4 Å². The van der Waals surface area contributed by atoms with Gasteiger partial charge >= 0.3 is 0 Å². The predicted octanol–water partition coefficient (Wildman–Crippen LogP) is 5.22. The van der Waals surface area contributed by atoms with Crippen LogP contribution >= 0.6 is 11.6 Å². The van der Waals surface area contributed by atoms with Crippen LogP contribution < -0.4 is 14.5 Å². The summed E-state index contributed by atoms with van der Waals surface area (Å²) in [7, 11) is 1.72. The summed E-state index contributed by atoms with van der Waals surface area (Å²) in [5, 5.41) is 0.700. The third-order valence-electron chi connectivity index (χ3n) is 5.67. The number of aromatic amines is 1. The standard InChI is InChI=1S/C24H23ClN4O/c1-30-23-9-5-4-8-22(23)29-14-12-28(13-15-29)17-10-11-19(25)18(16-17)24-26-20-6-2-3-7-21(20)27-24/h2-11,16H,12-15H2,1H3,(H,26,27). The minimum atomic E-state index is 0.700. The summed E-state index contributed by atoms with van der Waals surface area (Å²) >= 11 is 6.53. The Hall–Kier alpha value is -3.18. The predicted molar refractivity (Wildman–Crippen MR) is 124 cm³/mol. The van der Waals surface area contributed by atoms with Gasteiger partial charge in [-0.15, -0.1) is 0 Å². The Balaban J connectivity index is 1.38. The SMILES string of the molecule is COc1ccccc1N1CCN(c2ccc(Cl)c(-c3nc4ccccc4[nH]3)c2)CC1. The Morgan fingerprint density at radius 1 is 0.900 bits per heavy atom. The van der Waals surface area contributed by atoms with Gasteiger partial charge in [0.25, 0.3) is 0 Å². The summed E-state index contributed by atoms with van der Waals surface area (Å²) < 4.78 is 5.53. The van der Waals surface area contributed by atoms with Gasteiger partial charge < -0.3 is 19.5 Å². The van der Waals surface area contributed by atoms with Gasteiger partial charge in [0.1, 0.15) is 11.6 Å². The first-order chi connectivity index (χ1) is 14.7. The second-order valence-electron chi connectivity index (χ2n) is 7.41. The molecule has 1 aliphatic heterocycles. The number of aromatic nitrogens is 2. The van der Waals surface area contributed by atoms with Crippen molar-refractivity contribution in [2.45, 2.75) is 0 Å². The summed E-state index contributed by atoms with van der Waals surface area (Å²) in [5.74, 6) is 1.72. The topological polar surface area (TPSA) is 44.4 Å². The first-order valence-electron chi connectivity index (χ1n) is 10.1. The number of benzene rings is 3. The molecule has 0 bridgehead atoms. The first-order valence-corrected chi connectivity index (χ1v) is 10.5. The second kappa shape index (κ2) is 7.92. The van der Waals surface area contributed by atoms with Crippen molar-refractivity contribution in [3.63, 3.8) is 0 Å². The Bertz CT molecular complexity index is 1150. The summed E-state index contributed by atoms with van der Waals surface area (Å²) in [6.45, 7) is 3.73. The van der Waals surface area contributed by atoms with E-state index in [0.717, 1.165) is 65.7 Å². The van der Waals surface area contributed by atoms with Gasteiger partial charge in [-0.3, -0.25) is 0 Å². The number of hydrogen-bond donors (Lipinski definition) is 1. The molecule has 30 heavy (non-hydrogen) atoms. The van der Waals surface area contributed by atoms with Gasteiger partial charge in [0.05, 0.1) is 28.9 Å². The molecule has 1 aromatic heterocycles. The van der Waals surface area contributed by atoms with Gasteiger partial charge in [-0.05, 0) is 42.5 Å². The number of nitrogens with one attached hydrogen (secondary N) is 1. The Kier molecular flexibility index (Phi) is 4.97. The number of H-pyrrole nitrogens is 1. The van der Waals surface area contributed by atoms with Crippen molar-refractivity contribution in [3.8, 4) is 17.1 Å². The Morgan fingerprint density at radius 3 is 2.43 bits per heavy atom. The maximum Gasteiger partial charge on any atom is 0.142 e. The molecule has 6 heteroatoms. The molecule has 4 aromatic rings. The zero-order valence-electron chi connectivity index (χ0n) is 16.8. The highest BCUT2D eigenvalue weighted by atomic mass is 35.5. The van der Waals surface area contributed by atoms with Gasteiger partial charge in [-0.1, -0.05) is 35.9 Å². The van der Waals surface area contributed by atoms with Crippen molar-refractivity contribution >= 4 is 34.0 Å². The van der Waals surface area contributed by atoms with Crippen molar-refractivity contribution in [1.82, 2.24) is 9.97 Å². The molecular weight excluding hydrogens is 396 g/mol. The van der Waals surface area contributed by atoms with Crippen molar-refractivity contribution < 1.29 is 4.74 Å². The largest absolute Gasteiger partial charge is 0.495 e. The smallest absolute Gasteiger partial charge is 0.142 e. The Morgan fingerprint density at radius 2 is 1.63 bits per heavy atom. The molecule has 0 spiro atoms. The highest BCUT2D eigenvalue weighted by Gasteiger charge is 2.21. The molecule has 0 atom stereocenters. The lowest BCUT2D eigenvalue weighted by Crippen LogP contribution is -2.46. The zero-order chi connectivity index (χ0) is 20.5. The van der Waals surface area contributed by atoms with Crippen LogP contribution in [-0.4, -0.2) is 43.3 Å². The number of rotatable bonds is 4. The molecule has 0 saturated carbocycles. The fraction of sp³-hybridized carbons (Fsp3) is 0.208. The fourth-order valence-corrected chi connectivity index (χ4v) is 4.28. The fourth-order valence-electron chi connectivity index (χ4n) is 4.07. The molecule has 1 saturated heterocycles. The number of nitrogens with zero attached hydrogens (tertiary/aromatic N) is 3. The van der Waals surface area contributed by atoms with Crippen LogP contribution in [0.15, 0.2) is 66.7 Å². The van der Waals surface area contributed by atoms with Crippen LogP contribution in [0.1, 0.15) is 0 Å². The first kappa shape index (κ1) is 18.8. The van der Waals surface area contributed by atoms with Crippen molar-refractivity contribution in [2.75, 3.05) is 43.1 Å². The van der Waals surface area contributed by atoms with E-state index in [1.165, 1.54) is 0 Å². The number of fused-ring (bicyclic) bond motifs is 1.